The highest BCUT2D eigenvalue weighted by Gasteiger charge is 1.97. The lowest BCUT2D eigenvalue weighted by atomic mass is 10.0. The molecule has 1 rings (SSSR count). The van der Waals surface area contributed by atoms with Gasteiger partial charge in [0.15, 0.2) is 0 Å². The molecule has 1 aliphatic rings. The van der Waals surface area contributed by atoms with Gasteiger partial charge in [-0.2, -0.15) is 0 Å². The van der Waals surface area contributed by atoms with Crippen molar-refractivity contribution in [3.63, 3.8) is 0 Å². The maximum atomic E-state index is 1.50. The van der Waals surface area contributed by atoms with Gasteiger partial charge in [0.05, 0.1) is 0 Å². The minimum absolute atomic E-state index is 1.50. The lowest BCUT2D eigenvalue weighted by Crippen LogP contribution is -1.84. The minimum Gasteiger partial charge on any atom is -0.0533 e. The summed E-state index contributed by atoms with van der Waals surface area (Å²) >= 11 is 0. The standard InChI is InChI=1S/C31H62/c1-2-4-6-8-10-12-14-16-18-20-22-24-26-28-30-31-29-27-25-23-21-19-17-15-13-11-9-7-5-3-1/h1-31H2. The Morgan fingerprint density at radius 2 is 0.0968 bits per heavy atom. The van der Waals surface area contributed by atoms with Crippen LogP contribution in [0.3, 0.4) is 0 Å². The van der Waals surface area contributed by atoms with Crippen molar-refractivity contribution in [1.82, 2.24) is 0 Å². The molecule has 0 aromatic rings. The van der Waals surface area contributed by atoms with E-state index in [-0.39, 0.29) is 0 Å². The zero-order valence-corrected chi connectivity index (χ0v) is 21.9. The van der Waals surface area contributed by atoms with Crippen molar-refractivity contribution in [1.29, 1.82) is 0 Å². The molecule has 0 aliphatic heterocycles. The van der Waals surface area contributed by atoms with Crippen molar-refractivity contribution in [2.75, 3.05) is 0 Å². The van der Waals surface area contributed by atoms with Gasteiger partial charge in [-0.15, -0.1) is 0 Å². The van der Waals surface area contributed by atoms with Gasteiger partial charge in [-0.25, -0.2) is 0 Å². The van der Waals surface area contributed by atoms with Crippen LogP contribution < -0.4 is 0 Å². The second kappa shape index (κ2) is 26.3. The van der Waals surface area contributed by atoms with E-state index < -0.39 is 0 Å². The molecule has 0 heterocycles. The first-order valence-corrected chi connectivity index (χ1v) is 15.5. The molecule has 1 aliphatic carbocycles. The third-order valence-corrected chi connectivity index (χ3v) is 7.75. The second-order valence-electron chi connectivity index (χ2n) is 11.0. The Bertz CT molecular complexity index is 154. The van der Waals surface area contributed by atoms with Gasteiger partial charge in [0.25, 0.3) is 0 Å². The molecule has 0 nitrogen and oxygen atoms in total. The lowest BCUT2D eigenvalue weighted by Gasteiger charge is -2.04. The highest BCUT2D eigenvalue weighted by atomic mass is 14.0. The molecule has 0 bridgehead atoms. The quantitative estimate of drug-likeness (QED) is 0.355. The Morgan fingerprint density at radius 3 is 0.129 bits per heavy atom. The Morgan fingerprint density at radius 1 is 0.0645 bits per heavy atom. The SMILES string of the molecule is C1CCCCCCCCCCCCCCCCCCCCCCCCCCCCCC1. The summed E-state index contributed by atoms with van der Waals surface area (Å²) in [6.45, 7) is 0. The zero-order chi connectivity index (χ0) is 21.9. The summed E-state index contributed by atoms with van der Waals surface area (Å²) in [7, 11) is 0. The summed E-state index contributed by atoms with van der Waals surface area (Å²) in [6, 6.07) is 0. The summed E-state index contributed by atoms with van der Waals surface area (Å²) in [5.41, 5.74) is 0. The van der Waals surface area contributed by atoms with Gasteiger partial charge in [-0.1, -0.05) is 199 Å². The number of hydrogen-bond acceptors (Lipinski definition) is 0. The molecule has 0 heteroatoms. The van der Waals surface area contributed by atoms with Gasteiger partial charge in [-0.05, 0) is 0 Å². The van der Waals surface area contributed by atoms with Crippen molar-refractivity contribution >= 4 is 0 Å². The fourth-order valence-corrected chi connectivity index (χ4v) is 5.48. The Balaban J connectivity index is 2.00. The van der Waals surface area contributed by atoms with Crippen molar-refractivity contribution in [3.8, 4) is 0 Å². The Kier molecular flexibility index (Phi) is 24.6. The van der Waals surface area contributed by atoms with E-state index in [0.717, 1.165) is 0 Å². The van der Waals surface area contributed by atoms with Gasteiger partial charge >= 0.3 is 0 Å². The van der Waals surface area contributed by atoms with Crippen LogP contribution >= 0.6 is 0 Å². The smallest absolute Gasteiger partial charge is 0.0533 e. The van der Waals surface area contributed by atoms with Gasteiger partial charge in [0.1, 0.15) is 0 Å². The normalized spacial score (nSPS) is 24.0. The summed E-state index contributed by atoms with van der Waals surface area (Å²) in [4.78, 5) is 0. The minimum atomic E-state index is 1.50. The van der Waals surface area contributed by atoms with Crippen LogP contribution in [0.25, 0.3) is 0 Å². The van der Waals surface area contributed by atoms with Crippen molar-refractivity contribution in [3.05, 3.63) is 0 Å². The van der Waals surface area contributed by atoms with Crippen LogP contribution in [-0.4, -0.2) is 0 Å². The molecule has 0 aromatic carbocycles. The van der Waals surface area contributed by atoms with Crippen LogP contribution in [0.1, 0.15) is 199 Å². The molecule has 31 heavy (non-hydrogen) atoms. The molecule has 0 saturated heterocycles. The largest absolute Gasteiger partial charge is 0.0533 e. The monoisotopic (exact) mass is 434 g/mol. The van der Waals surface area contributed by atoms with E-state index >= 15 is 0 Å². The summed E-state index contributed by atoms with van der Waals surface area (Å²) in [5.74, 6) is 0. The maximum Gasteiger partial charge on any atom is -0.0533 e. The van der Waals surface area contributed by atoms with Crippen molar-refractivity contribution in [2.45, 2.75) is 199 Å². The van der Waals surface area contributed by atoms with E-state index in [1.54, 1.807) is 0 Å². The zero-order valence-electron chi connectivity index (χ0n) is 21.9. The highest BCUT2D eigenvalue weighted by molar-refractivity contribution is 4.53. The molecule has 0 aromatic heterocycles. The first kappa shape index (κ1) is 29.0. The molecule has 0 spiro atoms. The molecular weight excluding hydrogens is 372 g/mol. The molecule has 0 amide bonds. The van der Waals surface area contributed by atoms with Crippen LogP contribution in [0, 0.1) is 0 Å². The van der Waals surface area contributed by atoms with Crippen LogP contribution in [0.2, 0.25) is 0 Å². The van der Waals surface area contributed by atoms with Crippen molar-refractivity contribution in [2.24, 2.45) is 0 Å². The molecule has 1 saturated carbocycles. The van der Waals surface area contributed by atoms with E-state index in [0.29, 0.717) is 0 Å². The van der Waals surface area contributed by atoms with Gasteiger partial charge < -0.3 is 0 Å². The molecule has 0 unspecified atom stereocenters. The topological polar surface area (TPSA) is 0 Å². The van der Waals surface area contributed by atoms with Crippen LogP contribution in [0.4, 0.5) is 0 Å². The van der Waals surface area contributed by atoms with E-state index in [4.69, 9.17) is 0 Å². The summed E-state index contributed by atoms with van der Waals surface area (Å²) in [5, 5.41) is 0. The third-order valence-electron chi connectivity index (χ3n) is 7.75. The fraction of sp³-hybridized carbons (Fsp3) is 1.00. The molecule has 0 N–H and O–H groups in total. The van der Waals surface area contributed by atoms with Crippen LogP contribution in [-0.2, 0) is 0 Å². The average Bonchev–Trinajstić information content (AvgIpc) is 2.78. The lowest BCUT2D eigenvalue weighted by molar-refractivity contribution is 0.514. The predicted octanol–water partition coefficient (Wildman–Crippen LogP) is 12.1. The van der Waals surface area contributed by atoms with E-state index in [2.05, 4.69) is 0 Å². The average molecular weight is 435 g/mol. The van der Waals surface area contributed by atoms with Gasteiger partial charge in [0, 0.05) is 0 Å². The fourth-order valence-electron chi connectivity index (χ4n) is 5.48. The molecule has 0 atom stereocenters. The maximum absolute atomic E-state index is 1.50. The molecule has 1 fully saturated rings. The Hall–Kier alpha value is 0. The first-order chi connectivity index (χ1) is 15.5. The Labute approximate surface area is 199 Å². The van der Waals surface area contributed by atoms with E-state index in [9.17, 15) is 0 Å². The molecular formula is C31H62. The predicted molar refractivity (Wildman–Crippen MR) is 143 cm³/mol. The van der Waals surface area contributed by atoms with E-state index in [1.165, 1.54) is 199 Å². The van der Waals surface area contributed by atoms with Gasteiger partial charge in [0.2, 0.25) is 0 Å². The molecule has 0 radical (unpaired) electrons. The third kappa shape index (κ3) is 24.5. The van der Waals surface area contributed by atoms with Crippen LogP contribution in [0.15, 0.2) is 0 Å². The summed E-state index contributed by atoms with van der Waals surface area (Å²) < 4.78 is 0. The molecule has 186 valence electrons. The number of rotatable bonds is 0. The van der Waals surface area contributed by atoms with Gasteiger partial charge in [-0.3, -0.25) is 0 Å². The van der Waals surface area contributed by atoms with Crippen molar-refractivity contribution < 1.29 is 0 Å². The van der Waals surface area contributed by atoms with E-state index in [1.807, 2.05) is 0 Å². The first-order valence-electron chi connectivity index (χ1n) is 15.5. The second-order valence-corrected chi connectivity index (χ2v) is 11.0. The summed E-state index contributed by atoms with van der Waals surface area (Å²) in [6.07, 6.45) is 46.5. The highest BCUT2D eigenvalue weighted by Crippen LogP contribution is 2.17. The number of hydrogen-bond donors (Lipinski definition) is 0. The van der Waals surface area contributed by atoms with Crippen LogP contribution in [0.5, 0.6) is 0 Å².